The van der Waals surface area contributed by atoms with Gasteiger partial charge in [0.1, 0.15) is 11.1 Å². The highest BCUT2D eigenvalue weighted by Gasteiger charge is 2.33. The van der Waals surface area contributed by atoms with Crippen LogP contribution in [0.5, 0.6) is 11.5 Å². The quantitative estimate of drug-likeness (QED) is 0.0613. The first-order valence-corrected chi connectivity index (χ1v) is 18.2. The van der Waals surface area contributed by atoms with Crippen molar-refractivity contribution in [1.82, 2.24) is 0 Å². The van der Waals surface area contributed by atoms with E-state index in [2.05, 4.69) is 13.8 Å². The van der Waals surface area contributed by atoms with Gasteiger partial charge in [0.05, 0.1) is 43.3 Å². The number of ether oxygens (including phenoxy) is 4. The van der Waals surface area contributed by atoms with Crippen LogP contribution in [0.1, 0.15) is 98.8 Å². The summed E-state index contributed by atoms with van der Waals surface area (Å²) in [5, 5.41) is -1.43. The highest BCUT2D eigenvalue weighted by molar-refractivity contribution is 6.47. The van der Waals surface area contributed by atoms with Crippen LogP contribution in [-0.2, 0) is 19.1 Å². The first-order valence-electron chi connectivity index (χ1n) is 16.0. The fraction of sp³-hybridized carbons (Fsp3) is 0.529. The zero-order chi connectivity index (χ0) is 35.1. The van der Waals surface area contributed by atoms with E-state index in [1.807, 2.05) is 0 Å². The molecule has 2 aromatic carbocycles. The second-order valence-electron chi connectivity index (χ2n) is 12.3. The highest BCUT2D eigenvalue weighted by Crippen LogP contribution is 2.43. The van der Waals surface area contributed by atoms with E-state index in [0.717, 1.165) is 75.3 Å². The Morgan fingerprint density at radius 2 is 0.938 bits per heavy atom. The highest BCUT2D eigenvalue weighted by atomic mass is 35.5. The van der Waals surface area contributed by atoms with E-state index in [-0.39, 0.29) is 43.3 Å². The molecule has 8 nitrogen and oxygen atoms in total. The van der Waals surface area contributed by atoms with Crippen LogP contribution in [0, 0.1) is 23.7 Å². The smallest absolute Gasteiger partial charge is 0.423 e. The molecule has 2 aliphatic carbocycles. The second kappa shape index (κ2) is 17.8. The maximum Gasteiger partial charge on any atom is 0.423 e. The van der Waals surface area contributed by atoms with Gasteiger partial charge < -0.3 is 18.9 Å². The average molecular weight is 785 g/mol. The lowest BCUT2D eigenvalue weighted by Gasteiger charge is -2.34. The Hall–Kier alpha value is -1.94. The summed E-state index contributed by atoms with van der Waals surface area (Å²) in [6, 6.07) is 2.27. The van der Waals surface area contributed by atoms with Crippen molar-refractivity contribution < 1.29 is 38.1 Å². The van der Waals surface area contributed by atoms with E-state index in [9.17, 15) is 19.2 Å². The minimum absolute atomic E-state index is 0.0800. The lowest BCUT2D eigenvalue weighted by atomic mass is 9.72. The Bertz CT molecular complexity index is 1420. The van der Waals surface area contributed by atoms with Gasteiger partial charge in [-0.3, -0.25) is 0 Å². The number of halogens is 6. The van der Waals surface area contributed by atoms with Crippen molar-refractivity contribution in [2.75, 3.05) is 13.2 Å². The molecule has 0 unspecified atom stereocenters. The fourth-order valence-electron chi connectivity index (χ4n) is 6.09. The van der Waals surface area contributed by atoms with Crippen molar-refractivity contribution in [2.45, 2.75) is 78.1 Å². The summed E-state index contributed by atoms with van der Waals surface area (Å²) in [5.74, 6) is -3.63. The molecule has 0 radical (unpaired) electrons. The Kier molecular flexibility index (Phi) is 14.4. The van der Waals surface area contributed by atoms with Crippen LogP contribution in [0.3, 0.4) is 0 Å². The zero-order valence-electron chi connectivity index (χ0n) is 26.5. The van der Waals surface area contributed by atoms with E-state index in [1.54, 1.807) is 0 Å². The predicted molar refractivity (Wildman–Crippen MR) is 186 cm³/mol. The van der Waals surface area contributed by atoms with E-state index in [4.69, 9.17) is 88.6 Å². The Balaban J connectivity index is 1.42. The molecule has 14 heteroatoms. The Labute approximate surface area is 309 Å². The van der Waals surface area contributed by atoms with Crippen LogP contribution >= 0.6 is 69.6 Å². The molecule has 0 atom stereocenters. The lowest BCUT2D eigenvalue weighted by molar-refractivity contribution is -0.156. The van der Waals surface area contributed by atoms with Crippen LogP contribution in [-0.4, -0.2) is 37.1 Å². The second-order valence-corrected chi connectivity index (χ2v) is 14.7. The molecular weight excluding hydrogens is 749 g/mol. The van der Waals surface area contributed by atoms with Gasteiger partial charge in [0.2, 0.25) is 0 Å². The third-order valence-corrected chi connectivity index (χ3v) is 11.2. The van der Waals surface area contributed by atoms with E-state index >= 15 is 0 Å². The molecule has 2 aromatic rings. The molecule has 0 spiro atoms. The molecule has 0 amide bonds. The van der Waals surface area contributed by atoms with Crippen LogP contribution in [0.2, 0.25) is 30.1 Å². The molecule has 2 aliphatic rings. The SMILES string of the molecule is CCC1CC(CCCOC(=O)c2c(Cl)c(Cl)cc(Cl)c2OC(=O)C(=O)Oc2c(Cl)cc(Cl)c(Cl)c2C(=O)OCCCC2CC(CC)C2)C1. The van der Waals surface area contributed by atoms with Gasteiger partial charge in [-0.2, -0.15) is 0 Å². The summed E-state index contributed by atoms with van der Waals surface area (Å²) >= 11 is 37.4. The molecule has 0 N–H and O–H groups in total. The van der Waals surface area contributed by atoms with Gasteiger partial charge >= 0.3 is 23.9 Å². The van der Waals surface area contributed by atoms with Crippen molar-refractivity contribution in [3.05, 3.63) is 53.4 Å². The van der Waals surface area contributed by atoms with Gasteiger partial charge in [-0.15, -0.1) is 0 Å². The van der Waals surface area contributed by atoms with E-state index in [1.165, 1.54) is 0 Å². The maximum atomic E-state index is 13.1. The fourth-order valence-corrected chi connectivity index (χ4v) is 7.53. The third-order valence-electron chi connectivity index (χ3n) is 9.02. The summed E-state index contributed by atoms with van der Waals surface area (Å²) < 4.78 is 21.1. The summed E-state index contributed by atoms with van der Waals surface area (Å²) in [5.41, 5.74) is -0.900. The summed E-state index contributed by atoms with van der Waals surface area (Å²) in [4.78, 5) is 52.0. The normalized spacial score (nSPS) is 19.9. The number of hydrogen-bond acceptors (Lipinski definition) is 8. The van der Waals surface area contributed by atoms with Crippen molar-refractivity contribution >= 4 is 93.5 Å². The monoisotopic (exact) mass is 782 g/mol. The van der Waals surface area contributed by atoms with Gasteiger partial charge in [-0.1, -0.05) is 96.3 Å². The van der Waals surface area contributed by atoms with Gasteiger partial charge in [0, 0.05) is 0 Å². The standard InChI is InChI=1S/C34H36Cl6O8/c1-3-17-11-19(12-17)7-5-9-45-31(41)25-27(39)21(35)15-23(37)29(25)47-33(43)34(44)48-30-24(38)16-22(36)28(40)26(30)32(42)46-10-6-8-20-13-18(4-2)14-20/h15-20H,3-14H2,1-2H3. The number of rotatable bonds is 14. The molecule has 262 valence electrons. The van der Waals surface area contributed by atoms with E-state index in [0.29, 0.717) is 24.7 Å². The number of esters is 4. The minimum Gasteiger partial charge on any atom is -0.462 e. The van der Waals surface area contributed by atoms with E-state index < -0.39 is 46.5 Å². The molecule has 2 fully saturated rings. The molecular formula is C34H36Cl6O8. The first-order chi connectivity index (χ1) is 22.8. The molecule has 0 heterocycles. The largest absolute Gasteiger partial charge is 0.462 e. The van der Waals surface area contributed by atoms with Crippen molar-refractivity contribution in [2.24, 2.45) is 23.7 Å². The molecule has 4 rings (SSSR count). The lowest BCUT2D eigenvalue weighted by Crippen LogP contribution is -2.27. The van der Waals surface area contributed by atoms with Crippen LogP contribution in [0.4, 0.5) is 0 Å². The number of carbonyl (C=O) groups is 4. The van der Waals surface area contributed by atoms with Crippen molar-refractivity contribution in [3.8, 4) is 11.5 Å². The Morgan fingerprint density at radius 3 is 1.27 bits per heavy atom. The Morgan fingerprint density at radius 1 is 0.583 bits per heavy atom. The summed E-state index contributed by atoms with van der Waals surface area (Å²) in [6.45, 7) is 4.50. The maximum absolute atomic E-state index is 13.1. The van der Waals surface area contributed by atoms with Crippen LogP contribution in [0.25, 0.3) is 0 Å². The predicted octanol–water partition coefficient (Wildman–Crippen LogP) is 10.9. The third kappa shape index (κ3) is 9.64. The summed E-state index contributed by atoms with van der Waals surface area (Å²) in [6.07, 6.45) is 9.98. The summed E-state index contributed by atoms with van der Waals surface area (Å²) in [7, 11) is 0. The first kappa shape index (κ1) is 38.9. The van der Waals surface area contributed by atoms with Crippen LogP contribution < -0.4 is 9.47 Å². The molecule has 2 saturated carbocycles. The molecule has 0 aromatic heterocycles. The average Bonchev–Trinajstić information content (AvgIpc) is 3.00. The number of benzene rings is 2. The topological polar surface area (TPSA) is 105 Å². The molecule has 0 bridgehead atoms. The van der Waals surface area contributed by atoms with Gasteiger partial charge in [-0.05, 0) is 87.2 Å². The molecule has 0 aliphatic heterocycles. The zero-order valence-corrected chi connectivity index (χ0v) is 31.0. The number of carbonyl (C=O) groups excluding carboxylic acids is 4. The van der Waals surface area contributed by atoms with Gasteiger partial charge in [-0.25, -0.2) is 19.2 Å². The van der Waals surface area contributed by atoms with Crippen molar-refractivity contribution in [3.63, 3.8) is 0 Å². The minimum atomic E-state index is -1.63. The molecule has 48 heavy (non-hydrogen) atoms. The van der Waals surface area contributed by atoms with Gasteiger partial charge in [0.15, 0.2) is 11.5 Å². The van der Waals surface area contributed by atoms with Crippen molar-refractivity contribution in [1.29, 1.82) is 0 Å². The number of hydrogen-bond donors (Lipinski definition) is 0. The molecule has 0 saturated heterocycles. The van der Waals surface area contributed by atoms with Gasteiger partial charge in [0.25, 0.3) is 0 Å². The van der Waals surface area contributed by atoms with Crippen LogP contribution in [0.15, 0.2) is 12.1 Å².